The molecule has 2 aromatic heterocycles. The number of hydrogen-bond donors (Lipinski definition) is 0. The molecule has 2 heterocycles. The number of aromatic nitrogens is 3. The second-order valence-electron chi connectivity index (χ2n) is 6.36. The van der Waals surface area contributed by atoms with Gasteiger partial charge in [-0.15, -0.1) is 10.2 Å². The first-order valence-electron chi connectivity index (χ1n) is 8.74. The number of benzene rings is 2. The lowest BCUT2D eigenvalue weighted by atomic mass is 9.93. The Morgan fingerprint density at radius 1 is 0.903 bits per heavy atom. The fraction of sp³-hybridized carbons (Fsp3) is 0. The Morgan fingerprint density at radius 3 is 2.39 bits per heavy atom. The summed E-state index contributed by atoms with van der Waals surface area (Å²) in [5.41, 5.74) is 1.25. The van der Waals surface area contributed by atoms with Crippen LogP contribution in [-0.4, -0.2) is 20.1 Å². The number of hydrogen-bond acceptors (Lipinski definition) is 5. The van der Waals surface area contributed by atoms with Crippen molar-refractivity contribution in [1.29, 1.82) is 0 Å². The van der Waals surface area contributed by atoms with Crippen LogP contribution in [0.2, 0.25) is 15.2 Å². The third kappa shape index (κ3) is 4.07. The molecule has 4 aromatic rings. The van der Waals surface area contributed by atoms with Gasteiger partial charge in [-0.1, -0.05) is 59.1 Å². The SMILES string of the molecule is O=[N+]([O-])c1cccc(-c2c(-c3ccccc3F)nnc(Cl)c2-c2ncc(Cl)cc2Cl)c1. The highest BCUT2D eigenvalue weighted by Gasteiger charge is 2.25. The zero-order valence-corrected chi connectivity index (χ0v) is 17.7. The van der Waals surface area contributed by atoms with E-state index in [0.717, 1.165) is 0 Å². The zero-order valence-electron chi connectivity index (χ0n) is 15.4. The number of nitrogens with zero attached hydrogens (tertiary/aromatic N) is 4. The van der Waals surface area contributed by atoms with Gasteiger partial charge in [0, 0.05) is 29.5 Å². The third-order valence-corrected chi connectivity index (χ3v) is 5.21. The maximum atomic E-state index is 14.7. The molecule has 2 aromatic carbocycles. The van der Waals surface area contributed by atoms with Crippen molar-refractivity contribution in [3.8, 4) is 33.6 Å². The van der Waals surface area contributed by atoms with Crippen LogP contribution >= 0.6 is 34.8 Å². The predicted octanol–water partition coefficient (Wildman–Crippen LogP) is 6.88. The molecule has 0 spiro atoms. The number of non-ortho nitro benzene ring substituents is 1. The van der Waals surface area contributed by atoms with Crippen molar-refractivity contribution in [2.45, 2.75) is 0 Å². The third-order valence-electron chi connectivity index (χ3n) is 4.45. The standard InChI is InChI=1S/C21H10Cl3FN4O2/c22-12-9-15(23)20(26-10-12)18-17(11-4-3-5-13(8-11)29(30)31)19(27-28-21(18)24)14-6-1-2-7-16(14)25/h1-10H. The summed E-state index contributed by atoms with van der Waals surface area (Å²) in [6.07, 6.45) is 1.37. The molecular formula is C21H10Cl3FN4O2. The van der Waals surface area contributed by atoms with Crippen LogP contribution < -0.4 is 0 Å². The van der Waals surface area contributed by atoms with Gasteiger partial charge in [0.15, 0.2) is 5.15 Å². The van der Waals surface area contributed by atoms with Crippen molar-refractivity contribution in [2.24, 2.45) is 0 Å². The summed E-state index contributed by atoms with van der Waals surface area (Å²) in [4.78, 5) is 15.1. The number of rotatable bonds is 4. The van der Waals surface area contributed by atoms with Gasteiger partial charge in [-0.05, 0) is 23.8 Å². The molecule has 0 fully saturated rings. The van der Waals surface area contributed by atoms with Crippen LogP contribution in [0.25, 0.3) is 33.6 Å². The van der Waals surface area contributed by atoms with Crippen LogP contribution in [0.1, 0.15) is 0 Å². The Kier molecular flexibility index (Phi) is 5.82. The minimum Gasteiger partial charge on any atom is -0.258 e. The largest absolute Gasteiger partial charge is 0.270 e. The zero-order chi connectivity index (χ0) is 22.1. The molecular weight excluding hydrogens is 466 g/mol. The number of halogens is 4. The van der Waals surface area contributed by atoms with Crippen LogP contribution in [0.15, 0.2) is 60.8 Å². The topological polar surface area (TPSA) is 81.8 Å². The molecule has 0 saturated heterocycles. The molecule has 31 heavy (non-hydrogen) atoms. The van der Waals surface area contributed by atoms with Crippen molar-refractivity contribution in [2.75, 3.05) is 0 Å². The lowest BCUT2D eigenvalue weighted by Crippen LogP contribution is -2.01. The van der Waals surface area contributed by atoms with Crippen LogP contribution in [0.5, 0.6) is 0 Å². The number of pyridine rings is 1. The highest BCUT2D eigenvalue weighted by molar-refractivity contribution is 6.38. The van der Waals surface area contributed by atoms with Crippen molar-refractivity contribution in [3.05, 3.63) is 91.9 Å². The second kappa shape index (κ2) is 8.55. The average Bonchev–Trinajstić information content (AvgIpc) is 2.75. The highest BCUT2D eigenvalue weighted by Crippen LogP contribution is 2.44. The van der Waals surface area contributed by atoms with Gasteiger partial charge < -0.3 is 0 Å². The van der Waals surface area contributed by atoms with E-state index in [1.54, 1.807) is 12.1 Å². The Hall–Kier alpha value is -3.13. The van der Waals surface area contributed by atoms with E-state index >= 15 is 0 Å². The van der Waals surface area contributed by atoms with E-state index in [1.807, 2.05) is 0 Å². The van der Waals surface area contributed by atoms with Gasteiger partial charge in [0.25, 0.3) is 5.69 Å². The van der Waals surface area contributed by atoms with E-state index in [4.69, 9.17) is 34.8 Å². The molecule has 0 aliphatic heterocycles. The van der Waals surface area contributed by atoms with E-state index in [2.05, 4.69) is 15.2 Å². The molecule has 4 rings (SSSR count). The maximum absolute atomic E-state index is 14.7. The lowest BCUT2D eigenvalue weighted by Gasteiger charge is -2.16. The van der Waals surface area contributed by atoms with Crippen LogP contribution in [-0.2, 0) is 0 Å². The quantitative estimate of drug-likeness (QED) is 0.237. The normalized spacial score (nSPS) is 10.8. The molecule has 0 aliphatic rings. The summed E-state index contributed by atoms with van der Waals surface area (Å²) in [6, 6.07) is 13.3. The summed E-state index contributed by atoms with van der Waals surface area (Å²) in [7, 11) is 0. The Labute approximate surface area is 190 Å². The van der Waals surface area contributed by atoms with Crippen molar-refractivity contribution >= 4 is 40.5 Å². The van der Waals surface area contributed by atoms with Crippen LogP contribution in [0.4, 0.5) is 10.1 Å². The van der Waals surface area contributed by atoms with Gasteiger partial charge in [-0.25, -0.2) is 4.39 Å². The molecule has 0 radical (unpaired) electrons. The fourth-order valence-corrected chi connectivity index (χ4v) is 3.82. The molecule has 0 saturated carbocycles. The van der Waals surface area contributed by atoms with E-state index in [1.165, 1.54) is 48.7 Å². The Morgan fingerprint density at radius 2 is 1.68 bits per heavy atom. The Balaban J connectivity index is 2.13. The van der Waals surface area contributed by atoms with Gasteiger partial charge in [0.05, 0.1) is 26.2 Å². The van der Waals surface area contributed by atoms with Crippen molar-refractivity contribution in [3.63, 3.8) is 0 Å². The minimum absolute atomic E-state index is 0.0571. The molecule has 10 heteroatoms. The summed E-state index contributed by atoms with van der Waals surface area (Å²) < 4.78 is 14.7. The smallest absolute Gasteiger partial charge is 0.258 e. The highest BCUT2D eigenvalue weighted by atomic mass is 35.5. The molecule has 6 nitrogen and oxygen atoms in total. The second-order valence-corrected chi connectivity index (χ2v) is 7.56. The van der Waals surface area contributed by atoms with E-state index in [9.17, 15) is 14.5 Å². The Bertz CT molecular complexity index is 1330. The molecule has 0 aliphatic carbocycles. The van der Waals surface area contributed by atoms with Crippen LogP contribution in [0, 0.1) is 15.9 Å². The van der Waals surface area contributed by atoms with Crippen molar-refractivity contribution in [1.82, 2.24) is 15.2 Å². The molecule has 154 valence electrons. The molecule has 0 atom stereocenters. The molecule has 0 bridgehead atoms. The van der Waals surface area contributed by atoms with Gasteiger partial charge in [-0.3, -0.25) is 15.1 Å². The first-order valence-corrected chi connectivity index (χ1v) is 9.87. The maximum Gasteiger partial charge on any atom is 0.270 e. The molecule has 0 unspecified atom stereocenters. The van der Waals surface area contributed by atoms with Crippen LogP contribution in [0.3, 0.4) is 0 Å². The van der Waals surface area contributed by atoms with Gasteiger partial charge in [0.2, 0.25) is 0 Å². The minimum atomic E-state index is -0.549. The van der Waals surface area contributed by atoms with Gasteiger partial charge >= 0.3 is 0 Å². The van der Waals surface area contributed by atoms with E-state index < -0.39 is 10.7 Å². The predicted molar refractivity (Wildman–Crippen MR) is 118 cm³/mol. The molecule has 0 N–H and O–H groups in total. The average molecular weight is 476 g/mol. The number of nitro benzene ring substituents is 1. The lowest BCUT2D eigenvalue weighted by molar-refractivity contribution is -0.384. The van der Waals surface area contributed by atoms with Gasteiger partial charge in [0.1, 0.15) is 11.5 Å². The first-order chi connectivity index (χ1) is 14.9. The van der Waals surface area contributed by atoms with Crippen molar-refractivity contribution < 1.29 is 9.31 Å². The molecule has 0 amide bonds. The summed E-state index contributed by atoms with van der Waals surface area (Å²) in [6.45, 7) is 0. The van der Waals surface area contributed by atoms with E-state index in [-0.39, 0.29) is 38.4 Å². The monoisotopic (exact) mass is 474 g/mol. The summed E-state index contributed by atoms with van der Waals surface area (Å²) in [5, 5.41) is 19.8. The van der Waals surface area contributed by atoms with Gasteiger partial charge in [-0.2, -0.15) is 0 Å². The summed E-state index contributed by atoms with van der Waals surface area (Å²) in [5.74, 6) is -0.549. The van der Waals surface area contributed by atoms with E-state index in [0.29, 0.717) is 16.1 Å². The fourth-order valence-electron chi connectivity index (χ4n) is 3.13. The summed E-state index contributed by atoms with van der Waals surface area (Å²) >= 11 is 18.7. The number of nitro groups is 1. The first kappa shape index (κ1) is 21.1.